The Hall–Kier alpha value is -3.16. The van der Waals surface area contributed by atoms with Gasteiger partial charge in [-0.25, -0.2) is 4.68 Å². The number of nitrogens with one attached hydrogen (secondary N) is 1. The van der Waals surface area contributed by atoms with Crippen molar-refractivity contribution in [2.45, 2.75) is 25.9 Å². The van der Waals surface area contributed by atoms with E-state index in [0.29, 0.717) is 43.2 Å². The Labute approximate surface area is 191 Å². The number of carbonyl (C=O) groups excluding carboxylic acids is 2. The third kappa shape index (κ3) is 5.00. The van der Waals surface area contributed by atoms with Crippen molar-refractivity contribution in [2.24, 2.45) is 0 Å². The molecule has 2 amide bonds. The van der Waals surface area contributed by atoms with Gasteiger partial charge < -0.3 is 10.1 Å². The van der Waals surface area contributed by atoms with E-state index in [1.807, 2.05) is 47.1 Å². The number of ether oxygens (including phenoxy) is 1. The molecule has 0 aliphatic carbocycles. The first-order valence-electron chi connectivity index (χ1n) is 10.6. The summed E-state index contributed by atoms with van der Waals surface area (Å²) in [6, 6.07) is 16.8. The average molecular weight is 453 g/mol. The first-order valence-corrected chi connectivity index (χ1v) is 10.9. The van der Waals surface area contributed by atoms with Gasteiger partial charge in [-0.3, -0.25) is 14.5 Å². The Morgan fingerprint density at radius 1 is 1.19 bits per heavy atom. The highest BCUT2D eigenvalue weighted by atomic mass is 35.5. The van der Waals surface area contributed by atoms with E-state index < -0.39 is 0 Å². The number of fused-ring (bicyclic) bond motifs is 1. The zero-order valence-corrected chi connectivity index (χ0v) is 18.6. The molecule has 0 saturated carbocycles. The molecule has 0 saturated heterocycles. The molecule has 0 fully saturated rings. The maximum Gasteiger partial charge on any atom is 0.251 e. The number of carbonyl (C=O) groups is 2. The van der Waals surface area contributed by atoms with Crippen molar-refractivity contribution in [1.82, 2.24) is 15.1 Å². The van der Waals surface area contributed by atoms with Crippen LogP contribution in [0.15, 0.2) is 54.6 Å². The molecule has 2 heterocycles. The molecular formula is C24H25ClN4O3. The van der Waals surface area contributed by atoms with Crippen LogP contribution in [0.4, 0.5) is 5.82 Å². The van der Waals surface area contributed by atoms with Gasteiger partial charge >= 0.3 is 0 Å². The van der Waals surface area contributed by atoms with Crippen LogP contribution in [0.1, 0.15) is 28.8 Å². The van der Waals surface area contributed by atoms with Crippen molar-refractivity contribution < 1.29 is 14.3 Å². The van der Waals surface area contributed by atoms with Crippen molar-refractivity contribution in [1.29, 1.82) is 0 Å². The number of rotatable bonds is 8. The second-order valence-electron chi connectivity index (χ2n) is 7.65. The topological polar surface area (TPSA) is 76.5 Å². The molecule has 0 radical (unpaired) electrons. The van der Waals surface area contributed by atoms with E-state index in [1.54, 1.807) is 24.1 Å². The van der Waals surface area contributed by atoms with E-state index in [9.17, 15) is 9.59 Å². The van der Waals surface area contributed by atoms with Crippen molar-refractivity contribution in [3.05, 3.63) is 70.7 Å². The monoisotopic (exact) mass is 452 g/mol. The number of aromatic nitrogens is 2. The van der Waals surface area contributed by atoms with Gasteiger partial charge in [-0.05, 0) is 36.2 Å². The molecule has 1 aliphatic rings. The van der Waals surface area contributed by atoms with E-state index in [-0.39, 0.29) is 11.8 Å². The van der Waals surface area contributed by atoms with Gasteiger partial charge in [0.2, 0.25) is 5.91 Å². The first-order chi connectivity index (χ1) is 15.5. The fourth-order valence-corrected chi connectivity index (χ4v) is 3.87. The van der Waals surface area contributed by atoms with Crippen molar-refractivity contribution >= 4 is 29.2 Å². The van der Waals surface area contributed by atoms with Crippen LogP contribution < -0.4 is 10.2 Å². The highest BCUT2D eigenvalue weighted by molar-refractivity contribution is 6.30. The summed E-state index contributed by atoms with van der Waals surface area (Å²) >= 11 is 6.12. The minimum absolute atomic E-state index is 0.0509. The number of hydrogen-bond acceptors (Lipinski definition) is 4. The van der Waals surface area contributed by atoms with Gasteiger partial charge in [0, 0.05) is 48.9 Å². The fourth-order valence-electron chi connectivity index (χ4n) is 3.68. The molecule has 166 valence electrons. The van der Waals surface area contributed by atoms with Crippen molar-refractivity contribution in [3.8, 4) is 11.3 Å². The van der Waals surface area contributed by atoms with Gasteiger partial charge in [-0.1, -0.05) is 35.9 Å². The second-order valence-corrected chi connectivity index (χ2v) is 8.09. The Bertz CT molecular complexity index is 1110. The summed E-state index contributed by atoms with van der Waals surface area (Å²) in [5.41, 5.74) is 3.22. The van der Waals surface area contributed by atoms with Gasteiger partial charge in [-0.2, -0.15) is 5.10 Å². The van der Waals surface area contributed by atoms with Crippen LogP contribution in [0.5, 0.6) is 0 Å². The van der Waals surface area contributed by atoms with E-state index >= 15 is 0 Å². The summed E-state index contributed by atoms with van der Waals surface area (Å²) in [4.78, 5) is 26.7. The summed E-state index contributed by atoms with van der Waals surface area (Å²) in [5.74, 6) is 0.692. The number of hydrogen-bond donors (Lipinski definition) is 1. The smallest absolute Gasteiger partial charge is 0.251 e. The van der Waals surface area contributed by atoms with Crippen LogP contribution in [0.3, 0.4) is 0 Å². The van der Waals surface area contributed by atoms with Gasteiger partial charge in [-0.15, -0.1) is 0 Å². The number of halogens is 1. The standard InChI is InChI=1S/C24H25ClN4O3/c1-32-13-3-11-26-24(31)18-8-6-17(7-9-18)16-28-22-15-21(19-4-2-5-20(25)14-19)27-29(22)12-10-23(28)30/h2,4-9,14-15H,3,10-13,16H2,1H3,(H,26,31). The normalized spacial score (nSPS) is 13.2. The van der Waals surface area contributed by atoms with Gasteiger partial charge in [0.1, 0.15) is 5.82 Å². The number of nitrogens with zero attached hydrogens (tertiary/aromatic N) is 3. The maximum atomic E-state index is 12.7. The molecule has 1 aromatic heterocycles. The second kappa shape index (κ2) is 9.97. The first kappa shape index (κ1) is 22.0. The minimum atomic E-state index is -0.119. The molecule has 8 heteroatoms. The third-order valence-corrected chi connectivity index (χ3v) is 5.60. The molecule has 0 bridgehead atoms. The highest BCUT2D eigenvalue weighted by Gasteiger charge is 2.26. The van der Waals surface area contributed by atoms with Gasteiger partial charge in [0.25, 0.3) is 5.91 Å². The molecule has 0 unspecified atom stereocenters. The van der Waals surface area contributed by atoms with Crippen LogP contribution in [0.2, 0.25) is 5.02 Å². The van der Waals surface area contributed by atoms with Gasteiger partial charge in [0.15, 0.2) is 0 Å². The Morgan fingerprint density at radius 2 is 2.00 bits per heavy atom. The molecule has 3 aromatic rings. The largest absolute Gasteiger partial charge is 0.385 e. The lowest BCUT2D eigenvalue weighted by atomic mass is 10.1. The number of aryl methyl sites for hydroxylation is 1. The van der Waals surface area contributed by atoms with Crippen molar-refractivity contribution in [3.63, 3.8) is 0 Å². The Balaban J connectivity index is 1.48. The predicted molar refractivity (Wildman–Crippen MR) is 124 cm³/mol. The molecule has 0 spiro atoms. The minimum Gasteiger partial charge on any atom is -0.385 e. The lowest BCUT2D eigenvalue weighted by Gasteiger charge is -2.27. The van der Waals surface area contributed by atoms with Crippen LogP contribution in [-0.4, -0.2) is 41.9 Å². The average Bonchev–Trinajstić information content (AvgIpc) is 3.24. The summed E-state index contributed by atoms with van der Waals surface area (Å²) < 4.78 is 6.85. The number of benzene rings is 2. The summed E-state index contributed by atoms with van der Waals surface area (Å²) in [6.45, 7) is 2.14. The van der Waals surface area contributed by atoms with E-state index in [4.69, 9.17) is 16.3 Å². The zero-order chi connectivity index (χ0) is 22.5. The van der Waals surface area contributed by atoms with Crippen LogP contribution in [-0.2, 0) is 22.6 Å². The molecule has 7 nitrogen and oxygen atoms in total. The molecule has 1 N–H and O–H groups in total. The molecule has 4 rings (SSSR count). The molecule has 0 atom stereocenters. The summed E-state index contributed by atoms with van der Waals surface area (Å²) in [6.07, 6.45) is 1.16. The predicted octanol–water partition coefficient (Wildman–Crippen LogP) is 3.91. The quantitative estimate of drug-likeness (QED) is 0.526. The number of anilines is 1. The van der Waals surface area contributed by atoms with E-state index in [0.717, 1.165) is 29.1 Å². The summed E-state index contributed by atoms with van der Waals surface area (Å²) in [5, 5.41) is 8.18. The van der Waals surface area contributed by atoms with Crippen LogP contribution in [0.25, 0.3) is 11.3 Å². The summed E-state index contributed by atoms with van der Waals surface area (Å²) in [7, 11) is 1.64. The van der Waals surface area contributed by atoms with Crippen LogP contribution in [0, 0.1) is 0 Å². The highest BCUT2D eigenvalue weighted by Crippen LogP contribution is 2.30. The maximum absolute atomic E-state index is 12.7. The van der Waals surface area contributed by atoms with Crippen LogP contribution >= 0.6 is 11.6 Å². The Morgan fingerprint density at radius 3 is 2.75 bits per heavy atom. The van der Waals surface area contributed by atoms with Crippen molar-refractivity contribution in [2.75, 3.05) is 25.2 Å². The van der Waals surface area contributed by atoms with E-state index in [1.165, 1.54) is 0 Å². The zero-order valence-electron chi connectivity index (χ0n) is 17.9. The molecule has 32 heavy (non-hydrogen) atoms. The fraction of sp³-hybridized carbons (Fsp3) is 0.292. The number of amides is 2. The molecule has 2 aromatic carbocycles. The SMILES string of the molecule is COCCCNC(=O)c1ccc(CN2C(=O)CCn3nc(-c4cccc(Cl)c4)cc32)cc1. The molecular weight excluding hydrogens is 428 g/mol. The lowest BCUT2D eigenvalue weighted by molar-refractivity contribution is -0.119. The molecule has 1 aliphatic heterocycles. The van der Waals surface area contributed by atoms with E-state index in [2.05, 4.69) is 10.4 Å². The lowest BCUT2D eigenvalue weighted by Crippen LogP contribution is -2.36. The third-order valence-electron chi connectivity index (χ3n) is 5.36. The number of methoxy groups -OCH3 is 1. The Kier molecular flexibility index (Phi) is 6.87. The van der Waals surface area contributed by atoms with Gasteiger partial charge in [0.05, 0.1) is 18.8 Å².